The van der Waals surface area contributed by atoms with Crippen LogP contribution in [0.5, 0.6) is 5.75 Å². The molecule has 0 N–H and O–H groups in total. The maximum absolute atomic E-state index is 12.1. The minimum atomic E-state index is -0.312. The number of aryl methyl sites for hydroxylation is 1. The zero-order chi connectivity index (χ0) is 16.4. The van der Waals surface area contributed by atoms with Crippen molar-refractivity contribution in [1.82, 2.24) is 0 Å². The van der Waals surface area contributed by atoms with Gasteiger partial charge in [-0.15, -0.1) is 0 Å². The van der Waals surface area contributed by atoms with Gasteiger partial charge in [0.05, 0.1) is 19.8 Å². The van der Waals surface area contributed by atoms with Crippen LogP contribution in [0.1, 0.15) is 15.9 Å². The lowest BCUT2D eigenvalue weighted by Crippen LogP contribution is -2.06. The number of carbonyl (C=O) groups excluding carboxylic acids is 1. The molecule has 23 heavy (non-hydrogen) atoms. The summed E-state index contributed by atoms with van der Waals surface area (Å²) in [4.78, 5) is 12.1. The smallest absolute Gasteiger partial charge is 0.338 e. The van der Waals surface area contributed by atoms with Crippen molar-refractivity contribution in [3.63, 3.8) is 0 Å². The predicted molar refractivity (Wildman–Crippen MR) is 92.0 cm³/mol. The van der Waals surface area contributed by atoms with Crippen LogP contribution in [0.25, 0.3) is 21.9 Å². The molecule has 0 aliphatic rings. The van der Waals surface area contributed by atoms with Crippen LogP contribution in [0.3, 0.4) is 0 Å². The maximum Gasteiger partial charge on any atom is 0.338 e. The van der Waals surface area contributed by atoms with E-state index in [0.29, 0.717) is 5.56 Å². The Labute approximate surface area is 135 Å². The van der Waals surface area contributed by atoms with E-state index < -0.39 is 0 Å². The number of fused-ring (bicyclic) bond motifs is 1. The van der Waals surface area contributed by atoms with Crippen LogP contribution >= 0.6 is 0 Å². The Hall–Kier alpha value is -2.81. The number of methoxy groups -OCH3 is 2. The highest BCUT2D eigenvalue weighted by Crippen LogP contribution is 2.30. The van der Waals surface area contributed by atoms with Gasteiger partial charge in [-0.2, -0.15) is 0 Å². The summed E-state index contributed by atoms with van der Waals surface area (Å²) in [5.74, 6) is 0.518. The zero-order valence-corrected chi connectivity index (χ0v) is 13.4. The highest BCUT2D eigenvalue weighted by molar-refractivity contribution is 6.00. The number of esters is 1. The molecular formula is C20H18O3. The Balaban J connectivity index is 2.17. The van der Waals surface area contributed by atoms with Gasteiger partial charge in [0.1, 0.15) is 5.75 Å². The van der Waals surface area contributed by atoms with Crippen LogP contribution < -0.4 is 4.74 Å². The van der Waals surface area contributed by atoms with Crippen LogP contribution in [0.2, 0.25) is 0 Å². The van der Waals surface area contributed by atoms with Gasteiger partial charge in [0.15, 0.2) is 0 Å². The van der Waals surface area contributed by atoms with Gasteiger partial charge in [-0.05, 0) is 52.6 Å². The van der Waals surface area contributed by atoms with Crippen molar-refractivity contribution in [2.75, 3.05) is 14.2 Å². The molecule has 0 heterocycles. The molecule has 0 bridgehead atoms. The second-order valence-electron chi connectivity index (χ2n) is 5.42. The third kappa shape index (κ3) is 2.78. The molecule has 0 aromatic heterocycles. The number of benzene rings is 3. The lowest BCUT2D eigenvalue weighted by atomic mass is 9.94. The SMILES string of the molecule is COC(=O)c1c(C)cccc1-c1ccc2cc(OC)ccc2c1. The summed E-state index contributed by atoms with van der Waals surface area (Å²) in [5, 5.41) is 2.20. The molecule has 0 saturated heterocycles. The Kier molecular flexibility index (Phi) is 4.02. The van der Waals surface area contributed by atoms with Crippen molar-refractivity contribution in [1.29, 1.82) is 0 Å². The van der Waals surface area contributed by atoms with E-state index in [0.717, 1.165) is 33.2 Å². The average Bonchev–Trinajstić information content (AvgIpc) is 2.59. The van der Waals surface area contributed by atoms with Gasteiger partial charge in [0.25, 0.3) is 0 Å². The molecule has 3 heteroatoms. The van der Waals surface area contributed by atoms with Crippen molar-refractivity contribution in [2.45, 2.75) is 6.92 Å². The highest BCUT2D eigenvalue weighted by atomic mass is 16.5. The van der Waals surface area contributed by atoms with Gasteiger partial charge < -0.3 is 9.47 Å². The largest absolute Gasteiger partial charge is 0.497 e. The first kappa shape index (κ1) is 15.1. The molecule has 0 radical (unpaired) electrons. The molecule has 3 rings (SSSR count). The van der Waals surface area contributed by atoms with Crippen molar-refractivity contribution in [2.24, 2.45) is 0 Å². The Morgan fingerprint density at radius 2 is 1.65 bits per heavy atom. The molecule has 0 amide bonds. The molecule has 0 unspecified atom stereocenters. The van der Waals surface area contributed by atoms with Crippen molar-refractivity contribution >= 4 is 16.7 Å². The summed E-state index contributed by atoms with van der Waals surface area (Å²) in [6.45, 7) is 1.92. The van der Waals surface area contributed by atoms with Crippen LogP contribution in [-0.4, -0.2) is 20.2 Å². The van der Waals surface area contributed by atoms with Crippen molar-refractivity contribution < 1.29 is 14.3 Å². The normalized spacial score (nSPS) is 10.6. The number of carbonyl (C=O) groups is 1. The van der Waals surface area contributed by atoms with Crippen LogP contribution in [-0.2, 0) is 4.74 Å². The Bertz CT molecular complexity index is 881. The lowest BCUT2D eigenvalue weighted by molar-refractivity contribution is 0.0601. The molecule has 3 nitrogen and oxygen atoms in total. The molecule has 0 saturated carbocycles. The zero-order valence-electron chi connectivity index (χ0n) is 13.4. The van der Waals surface area contributed by atoms with Crippen LogP contribution in [0, 0.1) is 6.92 Å². The molecule has 116 valence electrons. The third-order valence-corrected chi connectivity index (χ3v) is 4.02. The fourth-order valence-electron chi connectivity index (χ4n) is 2.80. The molecule has 0 spiro atoms. The van der Waals surface area contributed by atoms with Crippen molar-refractivity contribution in [3.8, 4) is 16.9 Å². The minimum Gasteiger partial charge on any atom is -0.497 e. The van der Waals surface area contributed by atoms with Gasteiger partial charge in [-0.3, -0.25) is 0 Å². The predicted octanol–water partition coefficient (Wildman–Crippen LogP) is 4.61. The summed E-state index contributed by atoms with van der Waals surface area (Å²) >= 11 is 0. The molecule has 0 atom stereocenters. The minimum absolute atomic E-state index is 0.312. The summed E-state index contributed by atoms with van der Waals surface area (Å²) in [5.41, 5.74) is 3.40. The van der Waals surface area contributed by atoms with Gasteiger partial charge >= 0.3 is 5.97 Å². The molecule has 0 fully saturated rings. The van der Waals surface area contributed by atoms with Gasteiger partial charge in [-0.25, -0.2) is 4.79 Å². The molecular weight excluding hydrogens is 288 g/mol. The Morgan fingerprint density at radius 3 is 2.39 bits per heavy atom. The van der Waals surface area contributed by atoms with Crippen molar-refractivity contribution in [3.05, 3.63) is 65.7 Å². The van der Waals surface area contributed by atoms with Gasteiger partial charge in [-0.1, -0.05) is 36.4 Å². The fraction of sp³-hybridized carbons (Fsp3) is 0.150. The molecule has 3 aromatic rings. The van der Waals surface area contributed by atoms with E-state index in [1.54, 1.807) is 7.11 Å². The number of hydrogen-bond donors (Lipinski definition) is 0. The molecule has 0 aliphatic carbocycles. The molecule has 0 aliphatic heterocycles. The third-order valence-electron chi connectivity index (χ3n) is 4.02. The van der Waals surface area contributed by atoms with Crippen LogP contribution in [0.15, 0.2) is 54.6 Å². The number of ether oxygens (including phenoxy) is 2. The first-order valence-corrected chi connectivity index (χ1v) is 7.40. The van der Waals surface area contributed by atoms with E-state index in [1.165, 1.54) is 7.11 Å². The van der Waals surface area contributed by atoms with E-state index >= 15 is 0 Å². The van der Waals surface area contributed by atoms with E-state index in [-0.39, 0.29) is 5.97 Å². The monoisotopic (exact) mass is 306 g/mol. The van der Waals surface area contributed by atoms with E-state index in [1.807, 2.05) is 55.5 Å². The first-order valence-electron chi connectivity index (χ1n) is 7.40. The lowest BCUT2D eigenvalue weighted by Gasteiger charge is -2.12. The van der Waals surface area contributed by atoms with E-state index in [4.69, 9.17) is 9.47 Å². The average molecular weight is 306 g/mol. The topological polar surface area (TPSA) is 35.5 Å². The second kappa shape index (κ2) is 6.13. The standard InChI is InChI=1S/C20H18O3/c1-13-5-4-6-18(19(13)20(21)23-3)16-8-7-15-12-17(22-2)10-9-14(15)11-16/h4-12H,1-3H3. The highest BCUT2D eigenvalue weighted by Gasteiger charge is 2.16. The molecule has 3 aromatic carbocycles. The Morgan fingerprint density at radius 1 is 0.913 bits per heavy atom. The number of hydrogen-bond acceptors (Lipinski definition) is 3. The summed E-state index contributed by atoms with van der Waals surface area (Å²) in [6.07, 6.45) is 0. The quantitative estimate of drug-likeness (QED) is 0.663. The second-order valence-corrected chi connectivity index (χ2v) is 5.42. The van der Waals surface area contributed by atoms with Gasteiger partial charge in [0, 0.05) is 0 Å². The van der Waals surface area contributed by atoms with Gasteiger partial charge in [0.2, 0.25) is 0 Å². The van der Waals surface area contributed by atoms with E-state index in [9.17, 15) is 4.79 Å². The number of rotatable bonds is 3. The fourth-order valence-corrected chi connectivity index (χ4v) is 2.80. The first-order chi connectivity index (χ1) is 11.1. The maximum atomic E-state index is 12.1. The summed E-state index contributed by atoms with van der Waals surface area (Å²) in [7, 11) is 3.07. The summed E-state index contributed by atoms with van der Waals surface area (Å²) < 4.78 is 10.2. The van der Waals surface area contributed by atoms with Crippen LogP contribution in [0.4, 0.5) is 0 Å². The van der Waals surface area contributed by atoms with E-state index in [2.05, 4.69) is 6.07 Å². The summed E-state index contributed by atoms with van der Waals surface area (Å²) in [6, 6.07) is 17.9.